The van der Waals surface area contributed by atoms with Gasteiger partial charge in [-0.2, -0.15) is 0 Å². The second-order valence-electron chi connectivity index (χ2n) is 5.90. The molecule has 0 unspecified atom stereocenters. The maximum absolute atomic E-state index is 11.9. The summed E-state index contributed by atoms with van der Waals surface area (Å²) in [5.41, 5.74) is 6.79. The van der Waals surface area contributed by atoms with Crippen LogP contribution in [0.15, 0.2) is 0 Å². The number of fused-ring (bicyclic) bond motifs is 1. The van der Waals surface area contributed by atoms with E-state index in [0.717, 1.165) is 36.1 Å². The molecule has 0 aliphatic heterocycles. The van der Waals surface area contributed by atoms with Gasteiger partial charge in [-0.3, -0.25) is 14.4 Å². The van der Waals surface area contributed by atoms with Crippen LogP contribution in [0.4, 0.5) is 5.00 Å². The largest absolute Gasteiger partial charge is 0.455 e. The first-order valence-electron chi connectivity index (χ1n) is 7.38. The molecular weight excluding hydrogens is 304 g/mol. The van der Waals surface area contributed by atoms with Gasteiger partial charge in [-0.15, -0.1) is 11.3 Å². The molecule has 1 aromatic heterocycles. The molecule has 1 aromatic rings. The fraction of sp³-hybridized carbons (Fsp3) is 0.533. The van der Waals surface area contributed by atoms with Crippen LogP contribution in [-0.2, 0) is 27.2 Å². The van der Waals surface area contributed by atoms with Gasteiger partial charge in [-0.25, -0.2) is 0 Å². The van der Waals surface area contributed by atoms with E-state index in [4.69, 9.17) is 10.5 Å². The molecule has 3 rings (SSSR count). The minimum Gasteiger partial charge on any atom is -0.455 e. The number of hydrogen-bond donors (Lipinski definition) is 2. The molecule has 1 saturated carbocycles. The number of anilines is 1. The molecule has 0 radical (unpaired) electrons. The minimum absolute atomic E-state index is 0.0699. The lowest BCUT2D eigenvalue weighted by Gasteiger charge is -2.07. The number of nitrogens with two attached hydrogens (primary N) is 1. The Balaban J connectivity index is 1.62. The van der Waals surface area contributed by atoms with E-state index in [0.29, 0.717) is 16.5 Å². The fourth-order valence-corrected chi connectivity index (χ4v) is 4.12. The van der Waals surface area contributed by atoms with Crippen molar-refractivity contribution in [2.24, 2.45) is 17.6 Å². The number of carbonyl (C=O) groups is 3. The van der Waals surface area contributed by atoms with E-state index >= 15 is 0 Å². The molecule has 1 heterocycles. The van der Waals surface area contributed by atoms with Crippen molar-refractivity contribution in [3.8, 4) is 0 Å². The van der Waals surface area contributed by atoms with Crippen LogP contribution in [0.25, 0.3) is 0 Å². The van der Waals surface area contributed by atoms with Crippen LogP contribution in [0.3, 0.4) is 0 Å². The topological polar surface area (TPSA) is 98.5 Å². The Morgan fingerprint density at radius 3 is 2.73 bits per heavy atom. The molecule has 2 aliphatic rings. The molecule has 0 aromatic carbocycles. The fourth-order valence-electron chi connectivity index (χ4n) is 2.81. The van der Waals surface area contributed by atoms with Crippen LogP contribution in [0, 0.1) is 11.8 Å². The summed E-state index contributed by atoms with van der Waals surface area (Å²) in [6.07, 6.45) is 3.55. The van der Waals surface area contributed by atoms with E-state index in [2.05, 4.69) is 5.32 Å². The number of nitrogens with one attached hydrogen (secondary N) is 1. The number of esters is 1. The number of amides is 2. The van der Waals surface area contributed by atoms with Gasteiger partial charge in [-0.05, 0) is 37.2 Å². The molecule has 0 saturated heterocycles. The zero-order chi connectivity index (χ0) is 15.9. The molecule has 0 spiro atoms. The number of ether oxygens (including phenoxy) is 1. The lowest BCUT2D eigenvalue weighted by molar-refractivity contribution is -0.148. The Morgan fingerprint density at radius 2 is 2.09 bits per heavy atom. The Hall–Kier alpha value is -1.89. The number of primary amides is 1. The van der Waals surface area contributed by atoms with Crippen molar-refractivity contribution < 1.29 is 19.1 Å². The molecule has 2 amide bonds. The Labute approximate surface area is 132 Å². The van der Waals surface area contributed by atoms with Crippen molar-refractivity contribution in [2.45, 2.75) is 32.6 Å². The molecule has 7 heteroatoms. The summed E-state index contributed by atoms with van der Waals surface area (Å²) in [4.78, 5) is 36.2. The van der Waals surface area contributed by atoms with Gasteiger partial charge in [0, 0.05) is 4.88 Å². The maximum Gasteiger partial charge on any atom is 0.309 e. The molecule has 0 bridgehead atoms. The highest BCUT2D eigenvalue weighted by atomic mass is 32.1. The molecule has 1 fully saturated rings. The van der Waals surface area contributed by atoms with Crippen molar-refractivity contribution >= 4 is 34.1 Å². The summed E-state index contributed by atoms with van der Waals surface area (Å²) in [7, 11) is 0. The van der Waals surface area contributed by atoms with Crippen molar-refractivity contribution in [3.63, 3.8) is 0 Å². The molecule has 22 heavy (non-hydrogen) atoms. The average molecular weight is 322 g/mol. The first-order chi connectivity index (χ1) is 10.5. The first-order valence-corrected chi connectivity index (χ1v) is 8.20. The first kappa shape index (κ1) is 15.0. The summed E-state index contributed by atoms with van der Waals surface area (Å²) in [5.74, 6) is -1.02. The number of thiophene rings is 1. The summed E-state index contributed by atoms with van der Waals surface area (Å²) in [5, 5.41) is 3.12. The second-order valence-corrected chi connectivity index (χ2v) is 7.01. The maximum atomic E-state index is 11.9. The van der Waals surface area contributed by atoms with Gasteiger partial charge in [0.05, 0.1) is 11.5 Å². The van der Waals surface area contributed by atoms with Crippen molar-refractivity contribution in [2.75, 3.05) is 11.9 Å². The van der Waals surface area contributed by atoms with Crippen molar-refractivity contribution in [1.29, 1.82) is 0 Å². The Kier molecular flexibility index (Phi) is 3.90. The third kappa shape index (κ3) is 2.85. The van der Waals surface area contributed by atoms with E-state index in [1.807, 2.05) is 6.92 Å². The number of hydrogen-bond acceptors (Lipinski definition) is 5. The monoisotopic (exact) mass is 322 g/mol. The number of rotatable bonds is 5. The van der Waals surface area contributed by atoms with Gasteiger partial charge >= 0.3 is 5.97 Å². The molecule has 3 N–H and O–H groups in total. The van der Waals surface area contributed by atoms with Gasteiger partial charge in [0.25, 0.3) is 11.8 Å². The van der Waals surface area contributed by atoms with Gasteiger partial charge in [0.15, 0.2) is 6.61 Å². The molecule has 2 atom stereocenters. The van der Waals surface area contributed by atoms with E-state index in [-0.39, 0.29) is 18.5 Å². The Morgan fingerprint density at radius 1 is 1.36 bits per heavy atom. The molecular formula is C15H18N2O4S. The quantitative estimate of drug-likeness (QED) is 0.802. The standard InChI is InChI=1S/C15H18N2O4S/c1-7-5-9(7)15(20)21-6-11(18)17-14-12(13(16)19)8-3-2-4-10(8)22-14/h7,9H,2-6H2,1H3,(H2,16,19)(H,17,18)/t7-,9-/m0/s1. The Bertz CT molecular complexity index is 652. The van der Waals surface area contributed by atoms with Crippen molar-refractivity contribution in [3.05, 3.63) is 16.0 Å². The molecule has 118 valence electrons. The zero-order valence-corrected chi connectivity index (χ0v) is 13.1. The van der Waals surface area contributed by atoms with Gasteiger partial charge < -0.3 is 15.8 Å². The predicted molar refractivity (Wildman–Crippen MR) is 81.7 cm³/mol. The van der Waals surface area contributed by atoms with Crippen LogP contribution in [0.5, 0.6) is 0 Å². The zero-order valence-electron chi connectivity index (χ0n) is 12.3. The smallest absolute Gasteiger partial charge is 0.309 e. The number of aryl methyl sites for hydroxylation is 1. The predicted octanol–water partition coefficient (Wildman–Crippen LogP) is 1.47. The van der Waals surface area contributed by atoms with Crippen LogP contribution >= 0.6 is 11.3 Å². The van der Waals surface area contributed by atoms with Gasteiger partial charge in [0.2, 0.25) is 0 Å². The van der Waals surface area contributed by atoms with E-state index in [1.165, 1.54) is 11.3 Å². The third-order valence-corrected chi connectivity index (χ3v) is 5.39. The van der Waals surface area contributed by atoms with E-state index < -0.39 is 11.8 Å². The summed E-state index contributed by atoms with van der Waals surface area (Å²) in [6, 6.07) is 0. The van der Waals surface area contributed by atoms with Crippen LogP contribution in [0.1, 0.15) is 40.6 Å². The van der Waals surface area contributed by atoms with Crippen molar-refractivity contribution in [1.82, 2.24) is 0 Å². The second kappa shape index (κ2) is 5.72. The highest BCUT2D eigenvalue weighted by molar-refractivity contribution is 7.17. The van der Waals surface area contributed by atoms with Crippen LogP contribution in [0.2, 0.25) is 0 Å². The lowest BCUT2D eigenvalue weighted by Crippen LogP contribution is -2.23. The summed E-state index contributed by atoms with van der Waals surface area (Å²) >= 11 is 1.39. The summed E-state index contributed by atoms with van der Waals surface area (Å²) < 4.78 is 4.99. The summed E-state index contributed by atoms with van der Waals surface area (Å²) in [6.45, 7) is 1.64. The SMILES string of the molecule is C[C@H]1C[C@@H]1C(=O)OCC(=O)Nc1sc2c(c1C(N)=O)CCC2. The highest BCUT2D eigenvalue weighted by Gasteiger charge is 2.40. The minimum atomic E-state index is -0.529. The highest BCUT2D eigenvalue weighted by Crippen LogP contribution is 2.39. The van der Waals surface area contributed by atoms with Gasteiger partial charge in [0.1, 0.15) is 5.00 Å². The lowest BCUT2D eigenvalue weighted by atomic mass is 10.1. The normalized spacial score (nSPS) is 22.0. The number of carbonyl (C=O) groups excluding carboxylic acids is 3. The molecule has 6 nitrogen and oxygen atoms in total. The van der Waals surface area contributed by atoms with Crippen LogP contribution < -0.4 is 11.1 Å². The third-order valence-electron chi connectivity index (χ3n) is 4.18. The van der Waals surface area contributed by atoms with E-state index in [9.17, 15) is 14.4 Å². The average Bonchev–Trinajstić information content (AvgIpc) is 2.86. The van der Waals surface area contributed by atoms with Gasteiger partial charge in [-0.1, -0.05) is 6.92 Å². The molecule has 2 aliphatic carbocycles. The van der Waals surface area contributed by atoms with E-state index in [1.54, 1.807) is 0 Å². The van der Waals surface area contributed by atoms with Crippen LogP contribution in [-0.4, -0.2) is 24.4 Å².